The van der Waals surface area contributed by atoms with Crippen LogP contribution in [0.15, 0.2) is 48.5 Å². The molecule has 0 bridgehead atoms. The lowest BCUT2D eigenvalue weighted by Crippen LogP contribution is -2.35. The maximum absolute atomic E-state index is 12.3. The summed E-state index contributed by atoms with van der Waals surface area (Å²) in [7, 11) is 0. The van der Waals surface area contributed by atoms with Crippen LogP contribution >= 0.6 is 0 Å². The van der Waals surface area contributed by atoms with Gasteiger partial charge in [-0.2, -0.15) is 0 Å². The zero-order chi connectivity index (χ0) is 18.7. The average Bonchev–Trinajstić information content (AvgIpc) is 2.60. The van der Waals surface area contributed by atoms with Crippen LogP contribution in [0.4, 0.5) is 5.69 Å². The molecule has 1 aliphatic heterocycles. The Hall–Kier alpha value is -2.95. The van der Waals surface area contributed by atoms with Crippen LogP contribution in [-0.2, 0) is 4.79 Å². The van der Waals surface area contributed by atoms with Crippen molar-refractivity contribution in [2.24, 2.45) is 0 Å². The quantitative estimate of drug-likeness (QED) is 0.826. The van der Waals surface area contributed by atoms with E-state index in [9.17, 15) is 14.4 Å². The van der Waals surface area contributed by atoms with Crippen LogP contribution in [0.25, 0.3) is 0 Å². The van der Waals surface area contributed by atoms with Crippen LogP contribution in [0, 0.1) is 0 Å². The summed E-state index contributed by atoms with van der Waals surface area (Å²) in [5.41, 5.74) is 1.08. The third-order valence-electron chi connectivity index (χ3n) is 4.21. The van der Waals surface area contributed by atoms with Gasteiger partial charge in [0.1, 0.15) is 11.4 Å². The first-order valence-corrected chi connectivity index (χ1v) is 8.58. The van der Waals surface area contributed by atoms with E-state index in [2.05, 4.69) is 5.32 Å². The van der Waals surface area contributed by atoms with Gasteiger partial charge in [0.25, 0.3) is 0 Å². The number of benzene rings is 2. The van der Waals surface area contributed by atoms with Crippen molar-refractivity contribution in [3.63, 3.8) is 0 Å². The first kappa shape index (κ1) is 17.9. The predicted octanol–water partition coefficient (Wildman–Crippen LogP) is 4.03. The van der Waals surface area contributed by atoms with Crippen LogP contribution in [0.3, 0.4) is 0 Å². The molecule has 1 N–H and O–H groups in total. The van der Waals surface area contributed by atoms with Crippen LogP contribution in [0.2, 0.25) is 0 Å². The highest BCUT2D eigenvalue weighted by Crippen LogP contribution is 2.34. The van der Waals surface area contributed by atoms with Crippen molar-refractivity contribution >= 4 is 23.2 Å². The molecule has 0 radical (unpaired) electrons. The molecule has 1 heterocycles. The third kappa shape index (κ3) is 4.17. The normalized spacial score (nSPS) is 14.9. The number of nitrogens with one attached hydrogen (secondary N) is 1. The van der Waals surface area contributed by atoms with Gasteiger partial charge in [-0.25, -0.2) is 0 Å². The number of anilines is 1. The molecule has 0 atom stereocenters. The minimum Gasteiger partial charge on any atom is -0.487 e. The highest BCUT2D eigenvalue weighted by atomic mass is 16.5. The van der Waals surface area contributed by atoms with Crippen molar-refractivity contribution in [1.29, 1.82) is 0 Å². The molecule has 5 nitrogen and oxygen atoms in total. The van der Waals surface area contributed by atoms with Gasteiger partial charge in [0.15, 0.2) is 11.6 Å². The Morgan fingerprint density at radius 2 is 1.81 bits per heavy atom. The van der Waals surface area contributed by atoms with Crippen LogP contribution < -0.4 is 10.1 Å². The van der Waals surface area contributed by atoms with Crippen LogP contribution in [-0.4, -0.2) is 23.1 Å². The fraction of sp³-hybridized carbons (Fsp3) is 0.286. The van der Waals surface area contributed by atoms with E-state index in [-0.39, 0.29) is 30.3 Å². The maximum atomic E-state index is 12.3. The van der Waals surface area contributed by atoms with E-state index in [4.69, 9.17) is 4.74 Å². The van der Waals surface area contributed by atoms with Gasteiger partial charge in [-0.15, -0.1) is 0 Å². The van der Waals surface area contributed by atoms with Crippen molar-refractivity contribution in [3.05, 3.63) is 59.7 Å². The second-order valence-electron chi connectivity index (χ2n) is 7.01. The van der Waals surface area contributed by atoms with E-state index < -0.39 is 5.60 Å². The van der Waals surface area contributed by atoms with Crippen molar-refractivity contribution in [2.75, 3.05) is 5.32 Å². The molecule has 0 aliphatic carbocycles. The summed E-state index contributed by atoms with van der Waals surface area (Å²) >= 11 is 0. The van der Waals surface area contributed by atoms with Crippen LogP contribution in [0.5, 0.6) is 5.75 Å². The monoisotopic (exact) mass is 351 g/mol. The molecule has 134 valence electrons. The number of fused-ring (bicyclic) bond motifs is 1. The fourth-order valence-electron chi connectivity index (χ4n) is 2.95. The number of hydrogen-bond donors (Lipinski definition) is 1. The molecule has 0 spiro atoms. The molecule has 1 amide bonds. The van der Waals surface area contributed by atoms with Gasteiger partial charge in [-0.1, -0.05) is 30.3 Å². The molecular weight excluding hydrogens is 330 g/mol. The van der Waals surface area contributed by atoms with E-state index in [1.807, 2.05) is 19.9 Å². The molecule has 0 fully saturated rings. The summed E-state index contributed by atoms with van der Waals surface area (Å²) in [6, 6.07) is 13.9. The van der Waals surface area contributed by atoms with E-state index in [0.717, 1.165) is 0 Å². The van der Waals surface area contributed by atoms with E-state index in [1.54, 1.807) is 42.5 Å². The predicted molar refractivity (Wildman–Crippen MR) is 98.7 cm³/mol. The molecule has 1 aliphatic rings. The number of rotatable bonds is 5. The van der Waals surface area contributed by atoms with Gasteiger partial charge in [-0.3, -0.25) is 14.4 Å². The Labute approximate surface area is 152 Å². The summed E-state index contributed by atoms with van der Waals surface area (Å²) < 4.78 is 5.80. The van der Waals surface area contributed by atoms with Gasteiger partial charge in [0.2, 0.25) is 5.91 Å². The van der Waals surface area contributed by atoms with Gasteiger partial charge < -0.3 is 10.1 Å². The highest BCUT2D eigenvalue weighted by Gasteiger charge is 2.32. The van der Waals surface area contributed by atoms with Gasteiger partial charge in [0.05, 0.1) is 12.0 Å². The summed E-state index contributed by atoms with van der Waals surface area (Å²) in [6.07, 6.45) is 0.516. The molecule has 3 rings (SSSR count). The van der Waals surface area contributed by atoms with Crippen molar-refractivity contribution < 1.29 is 19.1 Å². The number of hydrogen-bond acceptors (Lipinski definition) is 4. The molecule has 2 aromatic rings. The average molecular weight is 351 g/mol. The Morgan fingerprint density at radius 1 is 1.08 bits per heavy atom. The van der Waals surface area contributed by atoms with E-state index >= 15 is 0 Å². The minimum atomic E-state index is -0.521. The lowest BCUT2D eigenvalue weighted by atomic mass is 9.93. The summed E-state index contributed by atoms with van der Waals surface area (Å²) in [5.74, 6) is 0.186. The summed E-state index contributed by atoms with van der Waals surface area (Å²) in [6.45, 7) is 3.74. The number of carbonyl (C=O) groups is 3. The van der Waals surface area contributed by atoms with Crippen LogP contribution in [0.1, 0.15) is 53.8 Å². The molecule has 0 unspecified atom stereocenters. The Morgan fingerprint density at radius 3 is 2.54 bits per heavy atom. The third-order valence-corrected chi connectivity index (χ3v) is 4.21. The maximum Gasteiger partial charge on any atom is 0.224 e. The molecule has 0 saturated carbocycles. The van der Waals surface area contributed by atoms with E-state index in [0.29, 0.717) is 29.0 Å². The van der Waals surface area contributed by atoms with Gasteiger partial charge in [-0.05, 0) is 32.0 Å². The van der Waals surface area contributed by atoms with Crippen molar-refractivity contribution in [1.82, 2.24) is 0 Å². The number of amides is 1. The second-order valence-corrected chi connectivity index (χ2v) is 7.01. The lowest BCUT2D eigenvalue weighted by Gasteiger charge is -2.31. The molecule has 26 heavy (non-hydrogen) atoms. The van der Waals surface area contributed by atoms with Gasteiger partial charge in [0, 0.05) is 24.1 Å². The molecular formula is C21H21NO4. The fourth-order valence-corrected chi connectivity index (χ4v) is 2.95. The SMILES string of the molecule is CC1(C)CC(=O)c2cc(NC(=O)CCC(=O)c3ccccc3)ccc2O1. The summed E-state index contributed by atoms with van der Waals surface area (Å²) in [5, 5.41) is 2.74. The number of ether oxygens (including phenoxy) is 1. The van der Waals surface area contributed by atoms with E-state index in [1.165, 1.54) is 0 Å². The number of ketones is 2. The summed E-state index contributed by atoms with van der Waals surface area (Å²) in [4.78, 5) is 36.5. The largest absolute Gasteiger partial charge is 0.487 e. The molecule has 5 heteroatoms. The standard InChI is InChI=1S/C21H21NO4/c1-21(2)13-18(24)16-12-15(8-10-19(16)26-21)22-20(25)11-9-17(23)14-6-4-3-5-7-14/h3-8,10,12H,9,11,13H2,1-2H3,(H,22,25). The topological polar surface area (TPSA) is 72.5 Å². The highest BCUT2D eigenvalue weighted by molar-refractivity contribution is 6.03. The second kappa shape index (κ2) is 7.12. The minimum absolute atomic E-state index is 0.00777. The molecule has 2 aromatic carbocycles. The van der Waals surface area contributed by atoms with Crippen molar-refractivity contribution in [3.8, 4) is 5.75 Å². The first-order chi connectivity index (χ1) is 12.3. The first-order valence-electron chi connectivity index (χ1n) is 8.58. The number of Topliss-reactive ketones (excluding diaryl/α,β-unsaturated/α-hetero) is 2. The Bertz CT molecular complexity index is 856. The number of carbonyl (C=O) groups excluding carboxylic acids is 3. The smallest absolute Gasteiger partial charge is 0.224 e. The Balaban J connectivity index is 1.61. The zero-order valence-corrected chi connectivity index (χ0v) is 14.9. The molecule has 0 aromatic heterocycles. The van der Waals surface area contributed by atoms with Gasteiger partial charge >= 0.3 is 0 Å². The lowest BCUT2D eigenvalue weighted by molar-refractivity contribution is -0.116. The zero-order valence-electron chi connectivity index (χ0n) is 14.9. The van der Waals surface area contributed by atoms with Crippen molar-refractivity contribution in [2.45, 2.75) is 38.7 Å². The molecule has 0 saturated heterocycles. The Kier molecular flexibility index (Phi) is 4.89.